The third kappa shape index (κ3) is 9.65. The first kappa shape index (κ1) is 33.3. The van der Waals surface area contributed by atoms with Gasteiger partial charge in [-0.1, -0.05) is 75.6 Å². The summed E-state index contributed by atoms with van der Waals surface area (Å²) in [6.45, 7) is 7.58. The number of likely N-dealkylation sites (tertiary alicyclic amines) is 1. The minimum absolute atomic E-state index is 0.0804. The van der Waals surface area contributed by atoms with E-state index in [1.807, 2.05) is 50.3 Å². The maximum atomic E-state index is 13.5. The molecule has 0 aromatic heterocycles. The van der Waals surface area contributed by atoms with Crippen molar-refractivity contribution in [1.82, 2.24) is 25.2 Å². The molecule has 0 bridgehead atoms. The summed E-state index contributed by atoms with van der Waals surface area (Å²) in [4.78, 5) is 42.6. The van der Waals surface area contributed by atoms with Crippen LogP contribution in [0.15, 0.2) is 42.0 Å². The second-order valence-corrected chi connectivity index (χ2v) is 13.7. The van der Waals surface area contributed by atoms with Crippen molar-refractivity contribution in [3.63, 3.8) is 0 Å². The molecule has 2 heterocycles. The van der Waals surface area contributed by atoms with Gasteiger partial charge in [0.2, 0.25) is 27.7 Å². The van der Waals surface area contributed by atoms with Crippen LogP contribution in [0.1, 0.15) is 64.9 Å². The second kappa shape index (κ2) is 14.8. The van der Waals surface area contributed by atoms with E-state index >= 15 is 0 Å². The van der Waals surface area contributed by atoms with Crippen molar-refractivity contribution >= 4 is 33.7 Å². The van der Waals surface area contributed by atoms with Crippen molar-refractivity contribution in [1.29, 1.82) is 5.41 Å². The summed E-state index contributed by atoms with van der Waals surface area (Å²) in [5, 5.41) is 14.1. The topological polar surface area (TPSA) is 152 Å². The molecule has 42 heavy (non-hydrogen) atoms. The van der Waals surface area contributed by atoms with Crippen LogP contribution in [-0.4, -0.2) is 86.4 Å². The largest absolute Gasteiger partial charge is 0.351 e. The normalized spacial score (nSPS) is 18.3. The second-order valence-electron chi connectivity index (χ2n) is 11.9. The standard InChI is InChI=1S/C30H46N6O5S/c1-5-6-16-30(2,3)28(39)33-29(31)35-18-14-23(15-19-35)21-32-26(37)25-13-10-17-36(25)27(38)24(34-42(4,40)41)20-22-11-8-7-9-12-22/h7-9,11-12,14,24-25,34H,5-6,10,13,15-21H2,1-4H3,(H,32,37)(H2,31,33,39)/t24-,25+/m1/s1. The van der Waals surface area contributed by atoms with Gasteiger partial charge in [-0.25, -0.2) is 13.1 Å². The van der Waals surface area contributed by atoms with Gasteiger partial charge in [0.1, 0.15) is 12.1 Å². The number of hydrogen-bond acceptors (Lipinski definition) is 6. The van der Waals surface area contributed by atoms with Crippen molar-refractivity contribution in [3.05, 3.63) is 47.5 Å². The fraction of sp³-hybridized carbons (Fsp3) is 0.600. The number of sulfonamides is 1. The highest BCUT2D eigenvalue weighted by Crippen LogP contribution is 2.24. The Labute approximate surface area is 250 Å². The number of guanidine groups is 1. The summed E-state index contributed by atoms with van der Waals surface area (Å²) in [7, 11) is -3.66. The van der Waals surface area contributed by atoms with Gasteiger partial charge in [-0.05, 0) is 37.7 Å². The number of hydrogen-bond donors (Lipinski definition) is 4. The van der Waals surface area contributed by atoms with Crippen LogP contribution in [0.25, 0.3) is 0 Å². The molecular weight excluding hydrogens is 556 g/mol. The molecule has 0 spiro atoms. The Balaban J connectivity index is 1.54. The van der Waals surface area contributed by atoms with Crippen LogP contribution in [0, 0.1) is 10.8 Å². The highest BCUT2D eigenvalue weighted by atomic mass is 32.2. The van der Waals surface area contributed by atoms with Crippen LogP contribution in [0.3, 0.4) is 0 Å². The summed E-state index contributed by atoms with van der Waals surface area (Å²) >= 11 is 0. The zero-order chi connectivity index (χ0) is 30.9. The lowest BCUT2D eigenvalue weighted by atomic mass is 9.86. The van der Waals surface area contributed by atoms with E-state index in [9.17, 15) is 22.8 Å². The average Bonchev–Trinajstić information content (AvgIpc) is 3.44. The Hall–Kier alpha value is -3.25. The van der Waals surface area contributed by atoms with Crippen LogP contribution in [0.2, 0.25) is 0 Å². The molecule has 1 aromatic carbocycles. The zero-order valence-corrected chi connectivity index (χ0v) is 26.1. The van der Waals surface area contributed by atoms with Crippen LogP contribution >= 0.6 is 0 Å². The zero-order valence-electron chi connectivity index (χ0n) is 25.2. The lowest BCUT2D eigenvalue weighted by Crippen LogP contribution is -2.54. The van der Waals surface area contributed by atoms with Gasteiger partial charge >= 0.3 is 0 Å². The first-order chi connectivity index (χ1) is 19.8. The van der Waals surface area contributed by atoms with E-state index in [0.717, 1.165) is 36.7 Å². The van der Waals surface area contributed by atoms with E-state index in [0.29, 0.717) is 45.4 Å². The van der Waals surface area contributed by atoms with Crippen molar-refractivity contribution < 1.29 is 22.8 Å². The molecule has 1 saturated heterocycles. The molecule has 1 fully saturated rings. The van der Waals surface area contributed by atoms with Crippen LogP contribution < -0.4 is 15.4 Å². The van der Waals surface area contributed by atoms with E-state index in [-0.39, 0.29) is 24.2 Å². The molecule has 3 rings (SSSR count). The Kier molecular flexibility index (Phi) is 11.7. The van der Waals surface area contributed by atoms with E-state index < -0.39 is 33.4 Å². The van der Waals surface area contributed by atoms with E-state index in [1.54, 1.807) is 4.90 Å². The predicted molar refractivity (Wildman–Crippen MR) is 163 cm³/mol. The third-order valence-electron chi connectivity index (χ3n) is 7.89. The van der Waals surface area contributed by atoms with Gasteiger partial charge in [0, 0.05) is 31.6 Å². The van der Waals surface area contributed by atoms with Gasteiger partial charge < -0.3 is 15.1 Å². The van der Waals surface area contributed by atoms with Gasteiger partial charge in [0.05, 0.1) is 6.26 Å². The number of carbonyl (C=O) groups is 3. The van der Waals surface area contributed by atoms with Crippen LogP contribution in [0.4, 0.5) is 0 Å². The van der Waals surface area contributed by atoms with Gasteiger partial charge in [-0.2, -0.15) is 0 Å². The molecule has 1 aromatic rings. The molecule has 2 atom stereocenters. The fourth-order valence-corrected chi connectivity index (χ4v) is 5.97. The molecule has 0 saturated carbocycles. The minimum atomic E-state index is -3.66. The Bertz CT molecular complexity index is 1260. The molecule has 2 aliphatic rings. The Morgan fingerprint density at radius 1 is 1.14 bits per heavy atom. The van der Waals surface area contributed by atoms with Crippen molar-refractivity contribution in [2.24, 2.45) is 5.41 Å². The number of rotatable bonds is 12. The average molecular weight is 603 g/mol. The van der Waals surface area contributed by atoms with Gasteiger partial charge in [-0.15, -0.1) is 0 Å². The number of nitrogens with zero attached hydrogens (tertiary/aromatic N) is 2. The van der Waals surface area contributed by atoms with Crippen molar-refractivity contribution in [3.8, 4) is 0 Å². The SMILES string of the molecule is CCCCC(C)(C)C(=O)NC(=N)N1CC=C(CNC(=O)[C@@H]2CCCN2C(=O)[C@@H](Cc2ccccc2)NS(C)(=O)=O)CC1. The highest BCUT2D eigenvalue weighted by molar-refractivity contribution is 7.88. The smallest absolute Gasteiger partial charge is 0.243 e. The Morgan fingerprint density at radius 2 is 1.86 bits per heavy atom. The first-order valence-electron chi connectivity index (χ1n) is 14.7. The lowest BCUT2D eigenvalue weighted by molar-refractivity contribution is -0.139. The third-order valence-corrected chi connectivity index (χ3v) is 8.60. The molecule has 11 nitrogen and oxygen atoms in total. The number of nitrogens with one attached hydrogen (secondary N) is 4. The monoisotopic (exact) mass is 602 g/mol. The molecule has 232 valence electrons. The van der Waals surface area contributed by atoms with Crippen LogP contribution in [0.5, 0.6) is 0 Å². The molecule has 0 radical (unpaired) electrons. The Morgan fingerprint density at radius 3 is 2.48 bits per heavy atom. The van der Waals surface area contributed by atoms with Gasteiger partial charge in [-0.3, -0.25) is 25.1 Å². The predicted octanol–water partition coefficient (Wildman–Crippen LogP) is 2.15. The summed E-state index contributed by atoms with van der Waals surface area (Å²) in [6.07, 6.45) is 7.68. The van der Waals surface area contributed by atoms with Crippen LogP contribution in [-0.2, 0) is 30.8 Å². The number of unbranched alkanes of at least 4 members (excludes halogenated alkanes) is 1. The maximum absolute atomic E-state index is 13.5. The van der Waals surface area contributed by atoms with Crippen molar-refractivity contribution in [2.75, 3.05) is 32.4 Å². The molecule has 12 heteroatoms. The minimum Gasteiger partial charge on any atom is -0.351 e. The molecular formula is C30H46N6O5S. The van der Waals surface area contributed by atoms with E-state index in [2.05, 4.69) is 22.3 Å². The summed E-state index contributed by atoms with van der Waals surface area (Å²) < 4.78 is 26.5. The number of benzene rings is 1. The molecule has 2 aliphatic heterocycles. The van der Waals surface area contributed by atoms with Gasteiger partial charge in [0.25, 0.3) is 0 Å². The lowest BCUT2D eigenvalue weighted by Gasteiger charge is -2.31. The fourth-order valence-electron chi connectivity index (χ4n) is 5.27. The quantitative estimate of drug-likeness (QED) is 0.164. The first-order valence-corrected chi connectivity index (χ1v) is 16.6. The summed E-state index contributed by atoms with van der Waals surface area (Å²) in [5.41, 5.74) is 1.29. The number of carbonyl (C=O) groups excluding carboxylic acids is 3. The highest BCUT2D eigenvalue weighted by Gasteiger charge is 2.38. The summed E-state index contributed by atoms with van der Waals surface area (Å²) in [5.74, 6) is -0.752. The molecule has 4 N–H and O–H groups in total. The maximum Gasteiger partial charge on any atom is 0.243 e. The van der Waals surface area contributed by atoms with E-state index in [4.69, 9.17) is 5.41 Å². The molecule has 0 unspecified atom stereocenters. The van der Waals surface area contributed by atoms with Gasteiger partial charge in [0.15, 0.2) is 5.96 Å². The molecule has 0 aliphatic carbocycles. The van der Waals surface area contributed by atoms with E-state index in [1.165, 1.54) is 4.90 Å². The van der Waals surface area contributed by atoms with Crippen molar-refractivity contribution in [2.45, 2.75) is 77.8 Å². The molecule has 3 amide bonds. The number of amides is 3. The summed E-state index contributed by atoms with van der Waals surface area (Å²) in [6, 6.07) is 7.51.